The zero-order chi connectivity index (χ0) is 12.0. The summed E-state index contributed by atoms with van der Waals surface area (Å²) in [4.78, 5) is 14.0. The number of carbonyl (C=O) groups is 1. The second-order valence-corrected chi connectivity index (χ2v) is 5.07. The first kappa shape index (κ1) is 13.5. The summed E-state index contributed by atoms with van der Waals surface area (Å²) in [5, 5.41) is 0. The smallest absolute Gasteiger partial charge is 0.224 e. The maximum atomic E-state index is 12.1. The highest BCUT2D eigenvalue weighted by Gasteiger charge is 2.31. The molecule has 1 fully saturated rings. The van der Waals surface area contributed by atoms with E-state index in [0.29, 0.717) is 6.42 Å². The van der Waals surface area contributed by atoms with E-state index in [-0.39, 0.29) is 11.4 Å². The minimum absolute atomic E-state index is 0.212. The molecule has 0 saturated heterocycles. The van der Waals surface area contributed by atoms with Gasteiger partial charge in [-0.05, 0) is 26.2 Å². The molecule has 0 aromatic carbocycles. The van der Waals surface area contributed by atoms with Crippen molar-refractivity contribution in [2.24, 2.45) is 5.73 Å². The van der Waals surface area contributed by atoms with Crippen LogP contribution in [0.25, 0.3) is 0 Å². The van der Waals surface area contributed by atoms with E-state index >= 15 is 0 Å². The minimum atomic E-state index is -0.212. The van der Waals surface area contributed by atoms with E-state index in [1.165, 1.54) is 19.3 Å². The number of amides is 1. The van der Waals surface area contributed by atoms with Crippen molar-refractivity contribution >= 4 is 5.91 Å². The molecule has 0 aromatic rings. The third-order valence-corrected chi connectivity index (χ3v) is 3.58. The van der Waals surface area contributed by atoms with Crippen molar-refractivity contribution in [2.75, 3.05) is 13.1 Å². The van der Waals surface area contributed by atoms with Gasteiger partial charge in [-0.1, -0.05) is 26.2 Å². The molecule has 1 aliphatic carbocycles. The highest BCUT2D eigenvalue weighted by atomic mass is 16.2. The van der Waals surface area contributed by atoms with Crippen molar-refractivity contribution in [3.8, 4) is 0 Å². The van der Waals surface area contributed by atoms with Crippen molar-refractivity contribution in [1.29, 1.82) is 0 Å². The van der Waals surface area contributed by atoms with Crippen molar-refractivity contribution < 1.29 is 4.79 Å². The maximum absolute atomic E-state index is 12.1. The largest absolute Gasteiger partial charge is 0.343 e. The summed E-state index contributed by atoms with van der Waals surface area (Å²) in [7, 11) is 0. The molecule has 16 heavy (non-hydrogen) atoms. The van der Waals surface area contributed by atoms with Gasteiger partial charge in [0.25, 0.3) is 0 Å². The summed E-state index contributed by atoms with van der Waals surface area (Å²) in [6.07, 6.45) is 7.25. The second-order valence-electron chi connectivity index (χ2n) is 5.07. The molecular weight excluding hydrogens is 200 g/mol. The summed E-state index contributed by atoms with van der Waals surface area (Å²) in [5.74, 6) is 0.244. The molecule has 0 spiro atoms. The highest BCUT2D eigenvalue weighted by molar-refractivity contribution is 5.77. The Morgan fingerprint density at radius 2 is 1.88 bits per heavy atom. The van der Waals surface area contributed by atoms with Gasteiger partial charge in [0.1, 0.15) is 0 Å². The van der Waals surface area contributed by atoms with Crippen molar-refractivity contribution in [3.63, 3.8) is 0 Å². The molecular formula is C13H26N2O. The fourth-order valence-electron chi connectivity index (χ4n) is 2.57. The Hall–Kier alpha value is -0.570. The molecule has 2 N–H and O–H groups in total. The molecule has 1 amide bonds. The van der Waals surface area contributed by atoms with Crippen LogP contribution in [0.3, 0.4) is 0 Å². The Morgan fingerprint density at radius 3 is 2.38 bits per heavy atom. The predicted molar refractivity (Wildman–Crippen MR) is 67.2 cm³/mol. The molecule has 3 heteroatoms. The lowest BCUT2D eigenvalue weighted by Crippen LogP contribution is -2.47. The van der Waals surface area contributed by atoms with Crippen LogP contribution in [0.1, 0.15) is 58.8 Å². The first-order valence-corrected chi connectivity index (χ1v) is 6.68. The standard InChI is InChI=1S/C13H26N2O/c1-3-10-15(4-2)12(16)11-13(14)8-6-5-7-9-13/h3-11,14H2,1-2H3. The normalized spacial score (nSPS) is 19.4. The van der Waals surface area contributed by atoms with Crippen LogP contribution >= 0.6 is 0 Å². The van der Waals surface area contributed by atoms with Gasteiger partial charge < -0.3 is 10.6 Å². The first-order chi connectivity index (χ1) is 7.61. The molecule has 0 bridgehead atoms. The average molecular weight is 226 g/mol. The molecule has 0 aliphatic heterocycles. The number of carbonyl (C=O) groups excluding carboxylic acids is 1. The summed E-state index contributed by atoms with van der Waals surface area (Å²) < 4.78 is 0. The van der Waals surface area contributed by atoms with Gasteiger partial charge in [0.15, 0.2) is 0 Å². The van der Waals surface area contributed by atoms with E-state index in [9.17, 15) is 4.79 Å². The Labute approximate surface area is 99.4 Å². The van der Waals surface area contributed by atoms with Crippen LogP contribution in [0.4, 0.5) is 0 Å². The number of nitrogens with two attached hydrogens (primary N) is 1. The summed E-state index contributed by atoms with van der Waals surface area (Å²) >= 11 is 0. The fourth-order valence-corrected chi connectivity index (χ4v) is 2.57. The molecule has 0 atom stereocenters. The SMILES string of the molecule is CCCN(CC)C(=O)CC1(N)CCCCC1. The van der Waals surface area contributed by atoms with Gasteiger partial charge in [-0.3, -0.25) is 4.79 Å². The van der Waals surface area contributed by atoms with Gasteiger partial charge >= 0.3 is 0 Å². The molecule has 1 saturated carbocycles. The van der Waals surface area contributed by atoms with Crippen LogP contribution in [-0.4, -0.2) is 29.4 Å². The third-order valence-electron chi connectivity index (χ3n) is 3.58. The second kappa shape index (κ2) is 6.24. The molecule has 0 heterocycles. The van der Waals surface area contributed by atoms with Crippen molar-refractivity contribution in [3.05, 3.63) is 0 Å². The molecule has 0 aromatic heterocycles. The van der Waals surface area contributed by atoms with E-state index < -0.39 is 0 Å². The lowest BCUT2D eigenvalue weighted by Gasteiger charge is -2.34. The van der Waals surface area contributed by atoms with Crippen LogP contribution in [-0.2, 0) is 4.79 Å². The maximum Gasteiger partial charge on any atom is 0.224 e. The molecule has 3 nitrogen and oxygen atoms in total. The Morgan fingerprint density at radius 1 is 1.25 bits per heavy atom. The molecule has 0 unspecified atom stereocenters. The molecule has 0 radical (unpaired) electrons. The summed E-state index contributed by atoms with van der Waals surface area (Å²) in [5.41, 5.74) is 6.09. The van der Waals surface area contributed by atoms with Crippen LogP contribution < -0.4 is 5.73 Å². The third kappa shape index (κ3) is 3.78. The van der Waals surface area contributed by atoms with Gasteiger partial charge in [0, 0.05) is 25.0 Å². The van der Waals surface area contributed by atoms with E-state index in [0.717, 1.165) is 32.4 Å². The molecule has 1 aliphatic rings. The summed E-state index contributed by atoms with van der Waals surface area (Å²) in [6, 6.07) is 0. The summed E-state index contributed by atoms with van der Waals surface area (Å²) in [6.45, 7) is 5.82. The zero-order valence-electron chi connectivity index (χ0n) is 10.8. The topological polar surface area (TPSA) is 46.3 Å². The predicted octanol–water partition coefficient (Wildman–Crippen LogP) is 2.30. The number of hydrogen-bond donors (Lipinski definition) is 1. The average Bonchev–Trinajstić information content (AvgIpc) is 2.26. The van der Waals surface area contributed by atoms with Gasteiger partial charge in [0.2, 0.25) is 5.91 Å². The quantitative estimate of drug-likeness (QED) is 0.782. The zero-order valence-corrected chi connectivity index (χ0v) is 10.8. The van der Waals surface area contributed by atoms with E-state index in [2.05, 4.69) is 6.92 Å². The van der Waals surface area contributed by atoms with Crippen molar-refractivity contribution in [1.82, 2.24) is 4.90 Å². The number of nitrogens with zero attached hydrogens (tertiary/aromatic N) is 1. The lowest BCUT2D eigenvalue weighted by atomic mass is 9.80. The van der Waals surface area contributed by atoms with Crippen LogP contribution in [0.2, 0.25) is 0 Å². The van der Waals surface area contributed by atoms with Gasteiger partial charge in [-0.15, -0.1) is 0 Å². The van der Waals surface area contributed by atoms with Crippen molar-refractivity contribution in [2.45, 2.75) is 64.3 Å². The van der Waals surface area contributed by atoms with E-state index in [4.69, 9.17) is 5.73 Å². The van der Waals surface area contributed by atoms with Gasteiger partial charge in [0.05, 0.1) is 0 Å². The molecule has 1 rings (SSSR count). The minimum Gasteiger partial charge on any atom is -0.343 e. The number of hydrogen-bond acceptors (Lipinski definition) is 2. The van der Waals surface area contributed by atoms with Gasteiger partial charge in [-0.2, -0.15) is 0 Å². The van der Waals surface area contributed by atoms with E-state index in [1.54, 1.807) is 0 Å². The number of rotatable bonds is 5. The monoisotopic (exact) mass is 226 g/mol. The Balaban J connectivity index is 2.47. The van der Waals surface area contributed by atoms with Crippen LogP contribution in [0, 0.1) is 0 Å². The Bertz CT molecular complexity index is 222. The first-order valence-electron chi connectivity index (χ1n) is 6.68. The van der Waals surface area contributed by atoms with Gasteiger partial charge in [-0.25, -0.2) is 0 Å². The van der Waals surface area contributed by atoms with Crippen LogP contribution in [0.5, 0.6) is 0 Å². The fraction of sp³-hybridized carbons (Fsp3) is 0.923. The van der Waals surface area contributed by atoms with E-state index in [1.807, 2.05) is 11.8 Å². The molecule has 94 valence electrons. The highest BCUT2D eigenvalue weighted by Crippen LogP contribution is 2.29. The Kier molecular flexibility index (Phi) is 5.26. The van der Waals surface area contributed by atoms with Crippen LogP contribution in [0.15, 0.2) is 0 Å². The lowest BCUT2D eigenvalue weighted by molar-refractivity contribution is -0.132.